The number of rotatable bonds is 5. The van der Waals surface area contributed by atoms with Crippen LogP contribution in [0.2, 0.25) is 0 Å². The van der Waals surface area contributed by atoms with E-state index in [2.05, 4.69) is 28.8 Å². The van der Waals surface area contributed by atoms with Crippen molar-refractivity contribution >= 4 is 22.6 Å². The van der Waals surface area contributed by atoms with Gasteiger partial charge < -0.3 is 15.1 Å². The molecule has 2 aromatic carbocycles. The van der Waals surface area contributed by atoms with Gasteiger partial charge in [-0.1, -0.05) is 24.3 Å². The van der Waals surface area contributed by atoms with Crippen LogP contribution < -0.4 is 10.6 Å². The van der Waals surface area contributed by atoms with E-state index in [9.17, 15) is 4.79 Å². The number of carbonyl (C=O) groups excluding carboxylic acids is 1. The third-order valence-corrected chi connectivity index (χ3v) is 5.11. The first-order chi connectivity index (χ1) is 12.6. The molecule has 0 saturated carbocycles. The summed E-state index contributed by atoms with van der Waals surface area (Å²) >= 11 is 0. The van der Waals surface area contributed by atoms with Crippen molar-refractivity contribution < 1.29 is 9.21 Å². The first-order valence-electron chi connectivity index (χ1n) is 9.27. The molecule has 134 valence electrons. The molecule has 0 bridgehead atoms. The van der Waals surface area contributed by atoms with Crippen LogP contribution >= 0.6 is 0 Å². The number of para-hydroxylation sites is 1. The molecule has 0 aliphatic heterocycles. The molecule has 0 saturated heterocycles. The molecule has 1 aliphatic carbocycles. The highest BCUT2D eigenvalue weighted by Gasteiger charge is 2.19. The second-order valence-electron chi connectivity index (χ2n) is 7.12. The van der Waals surface area contributed by atoms with Crippen molar-refractivity contribution in [3.63, 3.8) is 0 Å². The Balaban J connectivity index is 1.40. The maximum Gasteiger partial charge on any atom is 0.242 e. The van der Waals surface area contributed by atoms with Crippen molar-refractivity contribution in [3.8, 4) is 0 Å². The molecule has 2 N–H and O–H groups in total. The second kappa shape index (κ2) is 6.87. The Labute approximate surface area is 153 Å². The van der Waals surface area contributed by atoms with Gasteiger partial charge in [-0.15, -0.1) is 0 Å². The summed E-state index contributed by atoms with van der Waals surface area (Å²) in [5, 5.41) is 7.40. The fourth-order valence-electron chi connectivity index (χ4n) is 3.60. The number of aryl methyl sites for hydroxylation is 2. The molecule has 4 nitrogen and oxygen atoms in total. The van der Waals surface area contributed by atoms with Crippen LogP contribution in [0.3, 0.4) is 0 Å². The summed E-state index contributed by atoms with van der Waals surface area (Å²) in [7, 11) is 0. The normalized spacial score (nSPS) is 15.5. The largest absolute Gasteiger partial charge is 0.459 e. The number of hydrogen-bond donors (Lipinski definition) is 2. The van der Waals surface area contributed by atoms with Crippen LogP contribution in [-0.2, 0) is 17.6 Å². The summed E-state index contributed by atoms with van der Waals surface area (Å²) < 4.78 is 5.84. The number of nitrogens with one attached hydrogen (secondary N) is 2. The van der Waals surface area contributed by atoms with Gasteiger partial charge in [-0.2, -0.15) is 0 Å². The molecule has 26 heavy (non-hydrogen) atoms. The topological polar surface area (TPSA) is 54.3 Å². The lowest BCUT2D eigenvalue weighted by molar-refractivity contribution is -0.122. The lowest BCUT2D eigenvalue weighted by atomic mass is 10.1. The number of benzene rings is 2. The Morgan fingerprint density at radius 3 is 2.69 bits per heavy atom. The number of hydrogen-bond acceptors (Lipinski definition) is 3. The van der Waals surface area contributed by atoms with Gasteiger partial charge in [0, 0.05) is 11.1 Å². The predicted molar refractivity (Wildman–Crippen MR) is 104 cm³/mol. The van der Waals surface area contributed by atoms with E-state index in [0.717, 1.165) is 28.8 Å². The lowest BCUT2D eigenvalue weighted by Gasteiger charge is -2.18. The van der Waals surface area contributed by atoms with Gasteiger partial charge in [-0.05, 0) is 68.5 Å². The fraction of sp³-hybridized carbons (Fsp3) is 0.318. The number of anilines is 1. The van der Waals surface area contributed by atoms with Gasteiger partial charge in [0.15, 0.2) is 0 Å². The SMILES string of the molecule is CC(Nc1ccc2c(c1)CCC2)C(=O)NC(C)c1cc2ccccc2o1. The first kappa shape index (κ1) is 16.7. The maximum absolute atomic E-state index is 12.6. The summed E-state index contributed by atoms with van der Waals surface area (Å²) in [5.74, 6) is 0.725. The minimum atomic E-state index is -0.318. The average Bonchev–Trinajstić information content (AvgIpc) is 3.27. The van der Waals surface area contributed by atoms with Gasteiger partial charge in [-0.25, -0.2) is 0 Å². The zero-order valence-corrected chi connectivity index (χ0v) is 15.2. The Kier molecular flexibility index (Phi) is 4.41. The van der Waals surface area contributed by atoms with Crippen LogP contribution in [0, 0.1) is 0 Å². The molecule has 0 spiro atoms. The van der Waals surface area contributed by atoms with Crippen LogP contribution in [-0.4, -0.2) is 11.9 Å². The minimum absolute atomic E-state index is 0.0431. The molecule has 4 heteroatoms. The van der Waals surface area contributed by atoms with E-state index in [4.69, 9.17) is 4.42 Å². The molecule has 1 amide bonds. The summed E-state index contributed by atoms with van der Waals surface area (Å²) in [4.78, 5) is 12.6. The van der Waals surface area contributed by atoms with Crippen LogP contribution in [0.1, 0.15) is 43.2 Å². The van der Waals surface area contributed by atoms with Crippen LogP contribution in [0.4, 0.5) is 5.69 Å². The maximum atomic E-state index is 12.6. The fourth-order valence-corrected chi connectivity index (χ4v) is 3.60. The van der Waals surface area contributed by atoms with E-state index in [0.29, 0.717) is 0 Å². The molecular formula is C22H24N2O2. The molecule has 1 aliphatic rings. The first-order valence-corrected chi connectivity index (χ1v) is 9.27. The predicted octanol–water partition coefficient (Wildman–Crippen LogP) is 4.60. The summed E-state index contributed by atoms with van der Waals surface area (Å²) in [5.41, 5.74) is 4.68. The zero-order valence-electron chi connectivity index (χ0n) is 15.2. The van der Waals surface area contributed by atoms with Gasteiger partial charge in [0.1, 0.15) is 17.4 Å². The molecule has 2 atom stereocenters. The number of amides is 1. The summed E-state index contributed by atoms with van der Waals surface area (Å²) in [6.07, 6.45) is 3.53. The molecule has 0 radical (unpaired) electrons. The number of fused-ring (bicyclic) bond motifs is 2. The van der Waals surface area contributed by atoms with E-state index in [-0.39, 0.29) is 18.0 Å². The van der Waals surface area contributed by atoms with Crippen molar-refractivity contribution in [2.45, 2.75) is 45.2 Å². The van der Waals surface area contributed by atoms with Crippen molar-refractivity contribution in [2.75, 3.05) is 5.32 Å². The van der Waals surface area contributed by atoms with Crippen molar-refractivity contribution in [1.29, 1.82) is 0 Å². The summed E-state index contributed by atoms with van der Waals surface area (Å²) in [6, 6.07) is 15.8. The van der Waals surface area contributed by atoms with Crippen molar-refractivity contribution in [3.05, 3.63) is 65.4 Å². The van der Waals surface area contributed by atoms with Gasteiger partial charge >= 0.3 is 0 Å². The molecule has 2 unspecified atom stereocenters. The molecule has 1 aromatic heterocycles. The van der Waals surface area contributed by atoms with Crippen LogP contribution in [0.5, 0.6) is 0 Å². The molecule has 0 fully saturated rings. The highest BCUT2D eigenvalue weighted by molar-refractivity contribution is 5.85. The Hall–Kier alpha value is -2.75. The highest BCUT2D eigenvalue weighted by Crippen LogP contribution is 2.26. The van der Waals surface area contributed by atoms with Gasteiger partial charge in [-0.3, -0.25) is 4.79 Å². The standard InChI is InChI=1S/C22H24N2O2/c1-14(21-13-18-6-3-4-9-20(18)26-21)24-22(25)15(2)23-19-11-10-16-7-5-8-17(16)12-19/h3-4,6,9-15,23H,5,7-8H2,1-2H3,(H,24,25). The van der Waals surface area contributed by atoms with Crippen molar-refractivity contribution in [2.24, 2.45) is 0 Å². The third-order valence-electron chi connectivity index (χ3n) is 5.11. The monoisotopic (exact) mass is 348 g/mol. The second-order valence-corrected chi connectivity index (χ2v) is 7.12. The summed E-state index contributed by atoms with van der Waals surface area (Å²) in [6.45, 7) is 3.83. The zero-order chi connectivity index (χ0) is 18.1. The van der Waals surface area contributed by atoms with Crippen LogP contribution in [0.15, 0.2) is 52.9 Å². The van der Waals surface area contributed by atoms with Gasteiger partial charge in [0.05, 0.1) is 6.04 Å². The molecule has 3 aromatic rings. The minimum Gasteiger partial charge on any atom is -0.459 e. The Morgan fingerprint density at radius 2 is 1.85 bits per heavy atom. The van der Waals surface area contributed by atoms with Crippen molar-refractivity contribution in [1.82, 2.24) is 5.32 Å². The number of carbonyl (C=O) groups is 1. The van der Waals surface area contributed by atoms with E-state index in [1.54, 1.807) is 0 Å². The number of furan rings is 1. The Morgan fingerprint density at radius 1 is 1.04 bits per heavy atom. The molecule has 4 rings (SSSR count). The van der Waals surface area contributed by atoms with Gasteiger partial charge in [0.25, 0.3) is 0 Å². The van der Waals surface area contributed by atoms with E-state index < -0.39 is 0 Å². The lowest BCUT2D eigenvalue weighted by Crippen LogP contribution is -2.38. The average molecular weight is 348 g/mol. The van der Waals surface area contributed by atoms with Gasteiger partial charge in [0.2, 0.25) is 5.91 Å². The van der Waals surface area contributed by atoms with Crippen LogP contribution in [0.25, 0.3) is 11.0 Å². The third kappa shape index (κ3) is 3.32. The quantitative estimate of drug-likeness (QED) is 0.708. The van der Waals surface area contributed by atoms with E-state index in [1.807, 2.05) is 44.2 Å². The Bertz CT molecular complexity index is 911. The van der Waals surface area contributed by atoms with E-state index >= 15 is 0 Å². The highest BCUT2D eigenvalue weighted by atomic mass is 16.3. The smallest absolute Gasteiger partial charge is 0.242 e. The van der Waals surface area contributed by atoms with E-state index in [1.165, 1.54) is 24.0 Å². The molecule has 1 heterocycles. The molecular weight excluding hydrogens is 324 g/mol.